The molecule has 1 aromatic heterocycles. The highest BCUT2D eigenvalue weighted by Gasteiger charge is 2.21. The van der Waals surface area contributed by atoms with Crippen LogP contribution in [0.3, 0.4) is 0 Å². The molecule has 2 aromatic carbocycles. The van der Waals surface area contributed by atoms with Crippen LogP contribution in [0.2, 0.25) is 5.02 Å². The van der Waals surface area contributed by atoms with Crippen LogP contribution in [0.4, 0.5) is 4.39 Å². The predicted molar refractivity (Wildman–Crippen MR) is 126 cm³/mol. The maximum absolute atomic E-state index is 12.4. The predicted octanol–water partition coefficient (Wildman–Crippen LogP) is 4.23. The van der Waals surface area contributed by atoms with Crippen LogP contribution in [0, 0.1) is 5.82 Å². The Morgan fingerprint density at radius 1 is 1.06 bits per heavy atom. The number of hydrogen-bond donors (Lipinski definition) is 0. The number of piperazine rings is 1. The number of likely N-dealkylation sites (N-methyl/N-ethyl adjacent to an activating group) is 1. The van der Waals surface area contributed by atoms with Gasteiger partial charge in [-0.25, -0.2) is 16.8 Å². The van der Waals surface area contributed by atoms with E-state index < -0.39 is 10.0 Å². The first-order chi connectivity index (χ1) is 14.8. The number of rotatable bonds is 5. The molecule has 0 N–H and O–H groups in total. The lowest BCUT2D eigenvalue weighted by Gasteiger charge is -2.32. The van der Waals surface area contributed by atoms with Crippen molar-refractivity contribution in [2.75, 3.05) is 39.0 Å². The minimum atomic E-state index is -3.48. The van der Waals surface area contributed by atoms with Crippen molar-refractivity contribution in [3.05, 3.63) is 83.8 Å². The maximum Gasteiger partial charge on any atom is 0.242 e. The Morgan fingerprint density at radius 2 is 1.74 bits per heavy atom. The molecule has 0 atom stereocenters. The molecule has 0 spiro atoms. The van der Waals surface area contributed by atoms with Gasteiger partial charge in [0.25, 0.3) is 0 Å². The van der Waals surface area contributed by atoms with E-state index in [9.17, 15) is 12.8 Å². The van der Waals surface area contributed by atoms with Gasteiger partial charge in [-0.3, -0.25) is 4.90 Å². The molecule has 0 amide bonds. The molecule has 8 heteroatoms. The van der Waals surface area contributed by atoms with Gasteiger partial charge in [0.1, 0.15) is 5.82 Å². The quantitative estimate of drug-likeness (QED) is 0.531. The molecule has 0 unspecified atom stereocenters. The number of aromatic nitrogens is 1. The van der Waals surface area contributed by atoms with E-state index >= 15 is 0 Å². The summed E-state index contributed by atoms with van der Waals surface area (Å²) in [5.74, 6) is -0.294. The number of halogens is 2. The van der Waals surface area contributed by atoms with Gasteiger partial charge in [0.2, 0.25) is 10.0 Å². The Morgan fingerprint density at radius 3 is 2.32 bits per heavy atom. The second kappa shape index (κ2) is 10.4. The van der Waals surface area contributed by atoms with Crippen molar-refractivity contribution in [1.82, 2.24) is 13.8 Å². The molecule has 1 aliphatic heterocycles. The van der Waals surface area contributed by atoms with Crippen molar-refractivity contribution >= 4 is 32.5 Å². The molecule has 5 nitrogen and oxygen atoms in total. The summed E-state index contributed by atoms with van der Waals surface area (Å²) in [5.41, 5.74) is 1.70. The van der Waals surface area contributed by atoms with Crippen LogP contribution in [0.5, 0.6) is 0 Å². The van der Waals surface area contributed by atoms with E-state index in [-0.39, 0.29) is 11.6 Å². The summed E-state index contributed by atoms with van der Waals surface area (Å²) in [7, 11) is -1.35. The zero-order chi connectivity index (χ0) is 22.4. The van der Waals surface area contributed by atoms with Gasteiger partial charge in [-0.1, -0.05) is 48.0 Å². The van der Waals surface area contributed by atoms with E-state index in [1.54, 1.807) is 24.3 Å². The van der Waals surface area contributed by atoms with Gasteiger partial charge < -0.3 is 4.90 Å². The Balaban J connectivity index is 0.000000330. The molecule has 31 heavy (non-hydrogen) atoms. The molecular formula is C23H27ClFN3O2S. The van der Waals surface area contributed by atoms with E-state index in [1.807, 2.05) is 12.1 Å². The van der Waals surface area contributed by atoms with Gasteiger partial charge in [0.05, 0.1) is 16.3 Å². The Kier molecular flexibility index (Phi) is 7.89. The van der Waals surface area contributed by atoms with Crippen molar-refractivity contribution in [2.24, 2.45) is 0 Å². The van der Waals surface area contributed by atoms with Gasteiger partial charge in [-0.15, -0.1) is 6.58 Å². The van der Waals surface area contributed by atoms with Crippen molar-refractivity contribution in [2.45, 2.75) is 6.54 Å². The number of fused-ring (bicyclic) bond motifs is 1. The third kappa shape index (κ3) is 5.95. The zero-order valence-electron chi connectivity index (χ0n) is 17.5. The maximum atomic E-state index is 12.4. The van der Waals surface area contributed by atoms with E-state index in [0.717, 1.165) is 43.7 Å². The average Bonchev–Trinajstić information content (AvgIpc) is 3.09. The first-order valence-corrected chi connectivity index (χ1v) is 12.0. The number of hydrogen-bond acceptors (Lipinski definition) is 4. The summed E-state index contributed by atoms with van der Waals surface area (Å²) in [4.78, 5) is 4.68. The first kappa shape index (κ1) is 23.5. The van der Waals surface area contributed by atoms with E-state index in [1.165, 1.54) is 28.4 Å². The second-order valence-corrected chi connectivity index (χ2v) is 9.82. The summed E-state index contributed by atoms with van der Waals surface area (Å²) in [6, 6.07) is 13.7. The van der Waals surface area contributed by atoms with E-state index in [2.05, 4.69) is 23.4 Å². The van der Waals surface area contributed by atoms with Crippen LogP contribution in [0.15, 0.2) is 67.4 Å². The molecule has 0 aliphatic carbocycles. The van der Waals surface area contributed by atoms with Crippen molar-refractivity contribution < 1.29 is 12.8 Å². The number of nitrogens with zero attached hydrogens (tertiary/aromatic N) is 3. The van der Waals surface area contributed by atoms with Crippen LogP contribution >= 0.6 is 11.6 Å². The van der Waals surface area contributed by atoms with Crippen LogP contribution in [-0.2, 0) is 16.6 Å². The third-order valence-electron chi connectivity index (χ3n) is 5.19. The summed E-state index contributed by atoms with van der Waals surface area (Å²) in [5, 5.41) is 1.30. The van der Waals surface area contributed by atoms with E-state index in [0.29, 0.717) is 10.5 Å². The highest BCUT2D eigenvalue weighted by atomic mass is 35.5. The average molecular weight is 464 g/mol. The third-order valence-corrected chi connectivity index (χ3v) is 7.03. The van der Waals surface area contributed by atoms with Crippen molar-refractivity contribution in [3.8, 4) is 0 Å². The normalized spacial score (nSPS) is 15.5. The molecule has 166 valence electrons. The summed E-state index contributed by atoms with van der Waals surface area (Å²) in [6.45, 7) is 8.38. The van der Waals surface area contributed by atoms with Crippen LogP contribution < -0.4 is 0 Å². The molecule has 1 aliphatic rings. The highest BCUT2D eigenvalue weighted by Crippen LogP contribution is 2.31. The fraction of sp³-hybridized carbons (Fsp3) is 0.304. The van der Waals surface area contributed by atoms with Crippen molar-refractivity contribution in [1.29, 1.82) is 0 Å². The Hall–Kier alpha value is -2.19. The minimum absolute atomic E-state index is 0.115. The topological polar surface area (TPSA) is 45.6 Å². The van der Waals surface area contributed by atoms with Crippen LogP contribution in [0.25, 0.3) is 10.9 Å². The summed E-state index contributed by atoms with van der Waals surface area (Å²) >= 11 is 6.39. The SMILES string of the molecule is C=CCS(=O)(=O)n1cc(Cl)c2c(CN3CCN(C)CC3)cccc21.Fc1ccccc1. The lowest BCUT2D eigenvalue weighted by molar-refractivity contribution is 0.148. The molecular weight excluding hydrogens is 437 g/mol. The van der Waals surface area contributed by atoms with Crippen molar-refractivity contribution in [3.63, 3.8) is 0 Å². The highest BCUT2D eigenvalue weighted by molar-refractivity contribution is 7.90. The fourth-order valence-corrected chi connectivity index (χ4v) is 5.09. The lowest BCUT2D eigenvalue weighted by Crippen LogP contribution is -2.43. The second-order valence-electron chi connectivity index (χ2n) is 7.53. The molecule has 1 fully saturated rings. The monoisotopic (exact) mass is 463 g/mol. The van der Waals surface area contributed by atoms with E-state index in [4.69, 9.17) is 11.6 Å². The molecule has 0 bridgehead atoms. The Labute approximate surface area is 188 Å². The van der Waals surface area contributed by atoms with Crippen LogP contribution in [-0.4, -0.2) is 61.2 Å². The van der Waals surface area contributed by atoms with Gasteiger partial charge in [-0.05, 0) is 30.8 Å². The summed E-state index contributed by atoms with van der Waals surface area (Å²) in [6.07, 6.45) is 2.89. The zero-order valence-corrected chi connectivity index (χ0v) is 19.1. The molecule has 4 rings (SSSR count). The number of benzene rings is 2. The van der Waals surface area contributed by atoms with Gasteiger partial charge in [0.15, 0.2) is 0 Å². The molecule has 2 heterocycles. The van der Waals surface area contributed by atoms with Gasteiger partial charge >= 0.3 is 0 Å². The molecule has 0 saturated carbocycles. The molecule has 1 saturated heterocycles. The lowest BCUT2D eigenvalue weighted by atomic mass is 10.1. The summed E-state index contributed by atoms with van der Waals surface area (Å²) < 4.78 is 38.0. The molecule has 3 aromatic rings. The smallest absolute Gasteiger partial charge is 0.242 e. The minimum Gasteiger partial charge on any atom is -0.304 e. The molecule has 0 radical (unpaired) electrons. The Bertz CT molecular complexity index is 1120. The fourth-order valence-electron chi connectivity index (χ4n) is 3.54. The van der Waals surface area contributed by atoms with Gasteiger partial charge in [0, 0.05) is 44.3 Å². The first-order valence-electron chi connectivity index (χ1n) is 10.1. The van der Waals surface area contributed by atoms with Crippen LogP contribution in [0.1, 0.15) is 5.56 Å². The van der Waals surface area contributed by atoms with Gasteiger partial charge in [-0.2, -0.15) is 0 Å². The largest absolute Gasteiger partial charge is 0.304 e. The standard InChI is InChI=1S/C17H22ClN3O2S.C6H5F/c1-3-11-24(22,23)21-13-15(18)17-14(5-4-6-16(17)21)12-20-9-7-19(2)8-10-20;7-6-4-2-1-3-5-6/h3-6,13H,1,7-12H2,2H3;1-5H.